The molecule has 2 heterocycles. The molecule has 0 fully saturated rings. The van der Waals surface area contributed by atoms with E-state index < -0.39 is 16.0 Å². The third-order valence-electron chi connectivity index (χ3n) is 4.58. The number of H-pyrrole nitrogens is 1. The number of aromatic nitrogens is 3. The monoisotopic (exact) mass is 456 g/mol. The summed E-state index contributed by atoms with van der Waals surface area (Å²) in [5.74, 6) is -1.18. The first-order chi connectivity index (χ1) is 14.7. The van der Waals surface area contributed by atoms with E-state index >= 15 is 0 Å². The lowest BCUT2D eigenvalue weighted by molar-refractivity contribution is 0.0691. The van der Waals surface area contributed by atoms with E-state index in [-0.39, 0.29) is 27.7 Å². The van der Waals surface area contributed by atoms with Crippen LogP contribution in [-0.4, -0.2) is 34.3 Å². The number of hydrogen-bond donors (Lipinski definition) is 3. The van der Waals surface area contributed by atoms with Gasteiger partial charge in [-0.2, -0.15) is 4.68 Å². The largest absolute Gasteiger partial charge is 0.476 e. The van der Waals surface area contributed by atoms with Gasteiger partial charge in [-0.1, -0.05) is 42.5 Å². The predicted octanol–water partition coefficient (Wildman–Crippen LogP) is 2.23. The van der Waals surface area contributed by atoms with E-state index in [1.807, 2.05) is 30.3 Å². The minimum Gasteiger partial charge on any atom is -0.476 e. The molecule has 0 aliphatic rings. The van der Waals surface area contributed by atoms with Crippen molar-refractivity contribution in [2.24, 2.45) is 5.14 Å². The van der Waals surface area contributed by atoms with Crippen LogP contribution in [0.5, 0.6) is 0 Å². The number of sulfonamides is 1. The second-order valence-electron chi connectivity index (χ2n) is 6.66. The van der Waals surface area contributed by atoms with Crippen molar-refractivity contribution < 1.29 is 18.3 Å². The van der Waals surface area contributed by atoms with E-state index in [4.69, 9.17) is 10.2 Å². The molecule has 4 aromatic rings. The number of carboxylic acid groups (broad SMARTS) is 1. The topological polar surface area (TPSA) is 148 Å². The van der Waals surface area contributed by atoms with Crippen molar-refractivity contribution >= 4 is 27.3 Å². The molecule has 2 aromatic heterocycles. The maximum atomic E-state index is 13.2. The summed E-state index contributed by atoms with van der Waals surface area (Å²) in [5, 5.41) is 18.9. The first-order valence-electron chi connectivity index (χ1n) is 8.94. The van der Waals surface area contributed by atoms with Gasteiger partial charge in [-0.05, 0) is 23.3 Å². The molecule has 0 atom stereocenters. The highest BCUT2D eigenvalue weighted by Gasteiger charge is 2.20. The lowest BCUT2D eigenvalue weighted by Crippen LogP contribution is -2.17. The Balaban J connectivity index is 1.81. The van der Waals surface area contributed by atoms with Crippen LogP contribution in [0.25, 0.3) is 16.4 Å². The Kier molecular flexibility index (Phi) is 5.31. The molecule has 0 unspecified atom stereocenters. The van der Waals surface area contributed by atoms with E-state index in [1.54, 1.807) is 12.1 Å². The van der Waals surface area contributed by atoms with Crippen LogP contribution < -0.4 is 10.7 Å². The van der Waals surface area contributed by atoms with E-state index in [0.717, 1.165) is 16.9 Å². The van der Waals surface area contributed by atoms with Crippen LogP contribution >= 0.6 is 11.3 Å². The Bertz CT molecular complexity index is 1420. The zero-order valence-electron chi connectivity index (χ0n) is 15.8. The lowest BCUT2D eigenvalue weighted by atomic mass is 10.0. The molecule has 0 aliphatic carbocycles. The number of nitrogens with zero attached hydrogens (tertiary/aromatic N) is 2. The van der Waals surface area contributed by atoms with E-state index in [0.29, 0.717) is 16.8 Å². The van der Waals surface area contributed by atoms with Gasteiger partial charge in [0.25, 0.3) is 5.56 Å². The summed E-state index contributed by atoms with van der Waals surface area (Å²) in [6, 6.07) is 15.2. The number of rotatable bonds is 6. The van der Waals surface area contributed by atoms with Crippen LogP contribution in [0.4, 0.5) is 0 Å². The number of carbonyl (C=O) groups is 1. The van der Waals surface area contributed by atoms with Crippen LogP contribution in [0.1, 0.15) is 21.6 Å². The molecule has 0 aliphatic heterocycles. The quantitative estimate of drug-likeness (QED) is 0.405. The molecule has 9 nitrogen and oxygen atoms in total. The molecule has 0 bridgehead atoms. The van der Waals surface area contributed by atoms with Crippen molar-refractivity contribution in [3.05, 3.63) is 87.2 Å². The minimum absolute atomic E-state index is 0.0185. The van der Waals surface area contributed by atoms with Gasteiger partial charge in [-0.15, -0.1) is 11.3 Å². The Labute approximate surface area is 180 Å². The molecule has 4 N–H and O–H groups in total. The Hall–Kier alpha value is -3.54. The average Bonchev–Trinajstić information content (AvgIpc) is 3.34. The summed E-state index contributed by atoms with van der Waals surface area (Å²) in [5.41, 5.74) is 1.95. The number of primary sulfonamides is 1. The molecule has 11 heteroatoms. The zero-order valence-corrected chi connectivity index (χ0v) is 17.5. The van der Waals surface area contributed by atoms with Gasteiger partial charge in [0.05, 0.1) is 10.6 Å². The van der Waals surface area contributed by atoms with Gasteiger partial charge in [0, 0.05) is 17.4 Å². The Morgan fingerprint density at radius 1 is 1.13 bits per heavy atom. The smallest absolute Gasteiger partial charge is 0.355 e. The maximum absolute atomic E-state index is 13.2. The molecule has 158 valence electrons. The van der Waals surface area contributed by atoms with Gasteiger partial charge >= 0.3 is 5.97 Å². The molecular formula is C20H16N4O5S2. The fourth-order valence-electron chi connectivity index (χ4n) is 3.08. The number of thiazole rings is 1. The van der Waals surface area contributed by atoms with Crippen molar-refractivity contribution in [2.75, 3.05) is 0 Å². The summed E-state index contributed by atoms with van der Waals surface area (Å²) < 4.78 is 24.2. The number of nitrogens with one attached hydrogen (secondary N) is 1. The predicted molar refractivity (Wildman–Crippen MR) is 115 cm³/mol. The molecule has 0 radical (unpaired) electrons. The number of carboxylic acids is 1. The third kappa shape index (κ3) is 4.19. The number of benzene rings is 2. The maximum Gasteiger partial charge on any atom is 0.355 e. The fourth-order valence-corrected chi connectivity index (χ4v) is 4.35. The Morgan fingerprint density at radius 2 is 1.81 bits per heavy atom. The molecule has 4 rings (SSSR count). The van der Waals surface area contributed by atoms with Gasteiger partial charge in [0.1, 0.15) is 0 Å². The van der Waals surface area contributed by atoms with Gasteiger partial charge in [-0.3, -0.25) is 9.89 Å². The Morgan fingerprint density at radius 3 is 2.39 bits per heavy atom. The molecule has 31 heavy (non-hydrogen) atoms. The number of aromatic amines is 1. The highest BCUT2D eigenvalue weighted by atomic mass is 32.2. The van der Waals surface area contributed by atoms with Gasteiger partial charge in [-0.25, -0.2) is 23.3 Å². The van der Waals surface area contributed by atoms with Gasteiger partial charge < -0.3 is 5.11 Å². The van der Waals surface area contributed by atoms with Crippen LogP contribution in [0.2, 0.25) is 0 Å². The van der Waals surface area contributed by atoms with Crippen molar-refractivity contribution in [1.29, 1.82) is 0 Å². The lowest BCUT2D eigenvalue weighted by Gasteiger charge is -2.04. The van der Waals surface area contributed by atoms with Crippen molar-refractivity contribution in [3.8, 4) is 16.4 Å². The van der Waals surface area contributed by atoms with Crippen LogP contribution in [-0.2, 0) is 16.4 Å². The molecule has 0 amide bonds. The minimum atomic E-state index is -3.82. The van der Waals surface area contributed by atoms with Gasteiger partial charge in [0.15, 0.2) is 5.69 Å². The summed E-state index contributed by atoms with van der Waals surface area (Å²) in [6.45, 7) is 0. The standard InChI is InChI=1S/C20H16N4O5S2/c21-31(28,29)14-8-6-12(7-9-14)10-15-17(13-4-2-1-3-5-13)23-24(18(15)25)20-22-16(11-30-20)19(26)27/h1-9,11,23H,10H2,(H,26,27)(H2,21,28,29). The van der Waals surface area contributed by atoms with Crippen LogP contribution in [0, 0.1) is 0 Å². The summed E-state index contributed by atoms with van der Waals surface area (Å²) in [6.07, 6.45) is 0.217. The second kappa shape index (κ2) is 7.95. The molecule has 2 aromatic carbocycles. The first-order valence-corrected chi connectivity index (χ1v) is 11.4. The fraction of sp³-hybridized carbons (Fsp3) is 0.0500. The second-order valence-corrected chi connectivity index (χ2v) is 9.06. The van der Waals surface area contributed by atoms with Crippen molar-refractivity contribution in [3.63, 3.8) is 0 Å². The zero-order chi connectivity index (χ0) is 22.2. The SMILES string of the molecule is NS(=O)(=O)c1ccc(Cc2c(-c3ccccc3)[nH]n(-c3nc(C(=O)O)cs3)c2=O)cc1. The molecule has 0 saturated carbocycles. The summed E-state index contributed by atoms with van der Waals surface area (Å²) in [4.78, 5) is 28.4. The average molecular weight is 457 g/mol. The highest BCUT2D eigenvalue weighted by molar-refractivity contribution is 7.89. The molecule has 0 saturated heterocycles. The first kappa shape index (κ1) is 20.7. The van der Waals surface area contributed by atoms with Crippen molar-refractivity contribution in [1.82, 2.24) is 14.8 Å². The normalized spacial score (nSPS) is 11.5. The van der Waals surface area contributed by atoms with E-state index in [9.17, 15) is 18.0 Å². The number of nitrogens with two attached hydrogens (primary N) is 1. The van der Waals surface area contributed by atoms with Crippen molar-refractivity contribution in [2.45, 2.75) is 11.3 Å². The van der Waals surface area contributed by atoms with Crippen LogP contribution in [0.15, 0.2) is 69.7 Å². The number of aromatic carboxylic acids is 1. The third-order valence-corrected chi connectivity index (χ3v) is 6.34. The molecule has 0 spiro atoms. The molecular weight excluding hydrogens is 440 g/mol. The van der Waals surface area contributed by atoms with E-state index in [2.05, 4.69) is 10.1 Å². The number of hydrogen-bond acceptors (Lipinski definition) is 6. The summed E-state index contributed by atoms with van der Waals surface area (Å²) in [7, 11) is -3.82. The van der Waals surface area contributed by atoms with Crippen LogP contribution in [0.3, 0.4) is 0 Å². The van der Waals surface area contributed by atoms with Gasteiger partial charge in [0.2, 0.25) is 15.2 Å². The summed E-state index contributed by atoms with van der Waals surface area (Å²) >= 11 is 1.03. The highest BCUT2D eigenvalue weighted by Crippen LogP contribution is 2.24. The van der Waals surface area contributed by atoms with E-state index in [1.165, 1.54) is 22.2 Å².